The van der Waals surface area contributed by atoms with E-state index < -0.39 is 5.41 Å². The van der Waals surface area contributed by atoms with Gasteiger partial charge in [0.05, 0.1) is 22.1 Å². The number of fused-ring (bicyclic) bond motifs is 11. The van der Waals surface area contributed by atoms with Gasteiger partial charge in [-0.25, -0.2) is 0 Å². The molecule has 1 unspecified atom stereocenters. The first-order valence-electron chi connectivity index (χ1n) is 21.3. The fourth-order valence-electron chi connectivity index (χ4n) is 10.7. The Bertz CT molecular complexity index is 3560. The molecule has 1 aliphatic carbocycles. The molecule has 11 aromatic rings. The Morgan fingerprint density at radius 3 is 1.85 bits per heavy atom. The van der Waals surface area contributed by atoms with Gasteiger partial charge in [-0.15, -0.1) is 0 Å². The first-order chi connectivity index (χ1) is 30.8. The van der Waals surface area contributed by atoms with Crippen molar-refractivity contribution in [3.8, 4) is 27.9 Å². The van der Waals surface area contributed by atoms with E-state index in [1.165, 1.54) is 86.9 Å². The first-order valence-corrected chi connectivity index (χ1v) is 22.2. The van der Waals surface area contributed by atoms with Crippen LogP contribution in [0.25, 0.3) is 60.5 Å². The zero-order valence-electron chi connectivity index (χ0n) is 33.7. The van der Waals surface area contributed by atoms with Gasteiger partial charge in [0.15, 0.2) is 0 Å². The SMILES string of the molecule is c1ccc(-c2ccccc2-n2c3ccccc3c3ccc(N(c4ccccc4)c4ccc5c(c4)Sc4ccccc4C54c5ccccc5-c5cccc6cccc4c56)cc32)cc1. The second-order valence-electron chi connectivity index (χ2n) is 16.4. The van der Waals surface area contributed by atoms with Crippen LogP contribution in [0.1, 0.15) is 22.3 Å². The normalized spacial score (nSPS) is 14.8. The van der Waals surface area contributed by atoms with Crippen molar-refractivity contribution in [3.05, 3.63) is 253 Å². The van der Waals surface area contributed by atoms with E-state index in [-0.39, 0.29) is 0 Å². The van der Waals surface area contributed by atoms with Crippen molar-refractivity contribution in [1.82, 2.24) is 4.57 Å². The Labute approximate surface area is 365 Å². The average molecular weight is 807 g/mol. The first kappa shape index (κ1) is 35.2. The Morgan fingerprint density at radius 2 is 0.984 bits per heavy atom. The third-order valence-electron chi connectivity index (χ3n) is 13.2. The van der Waals surface area contributed by atoms with Gasteiger partial charge in [0.2, 0.25) is 0 Å². The highest BCUT2D eigenvalue weighted by Gasteiger charge is 2.48. The van der Waals surface area contributed by atoms with Gasteiger partial charge >= 0.3 is 0 Å². The van der Waals surface area contributed by atoms with Crippen LogP contribution < -0.4 is 4.90 Å². The molecule has 0 amide bonds. The minimum Gasteiger partial charge on any atom is -0.310 e. The van der Waals surface area contributed by atoms with Crippen LogP contribution >= 0.6 is 11.8 Å². The van der Waals surface area contributed by atoms with Gasteiger partial charge in [-0.2, -0.15) is 0 Å². The molecule has 62 heavy (non-hydrogen) atoms. The van der Waals surface area contributed by atoms with Crippen molar-refractivity contribution in [3.63, 3.8) is 0 Å². The van der Waals surface area contributed by atoms with Crippen LogP contribution in [0.4, 0.5) is 17.1 Å². The highest BCUT2D eigenvalue weighted by Crippen LogP contribution is 2.61. The van der Waals surface area contributed by atoms with Gasteiger partial charge < -0.3 is 9.47 Å². The third-order valence-corrected chi connectivity index (χ3v) is 14.4. The summed E-state index contributed by atoms with van der Waals surface area (Å²) in [6.45, 7) is 0. The Morgan fingerprint density at radius 1 is 0.371 bits per heavy atom. The van der Waals surface area contributed by atoms with Crippen molar-refractivity contribution in [2.45, 2.75) is 15.2 Å². The minimum atomic E-state index is -0.496. The highest BCUT2D eigenvalue weighted by molar-refractivity contribution is 7.99. The lowest BCUT2D eigenvalue weighted by atomic mass is 9.59. The number of nitrogens with zero attached hydrogens (tertiary/aromatic N) is 2. The monoisotopic (exact) mass is 806 g/mol. The second-order valence-corrected chi connectivity index (χ2v) is 17.5. The van der Waals surface area contributed by atoms with Crippen LogP contribution in [-0.2, 0) is 5.41 Å². The summed E-state index contributed by atoms with van der Waals surface area (Å²) in [5.74, 6) is 0. The number of anilines is 3. The summed E-state index contributed by atoms with van der Waals surface area (Å²) >= 11 is 1.89. The molecule has 0 radical (unpaired) electrons. The molecule has 13 rings (SSSR count). The van der Waals surface area contributed by atoms with Crippen LogP contribution in [0.5, 0.6) is 0 Å². The Kier molecular flexibility index (Phi) is 7.79. The van der Waals surface area contributed by atoms with Crippen molar-refractivity contribution in [2.75, 3.05) is 4.90 Å². The van der Waals surface area contributed by atoms with Gasteiger partial charge in [-0.1, -0.05) is 188 Å². The van der Waals surface area contributed by atoms with E-state index in [9.17, 15) is 0 Å². The lowest BCUT2D eigenvalue weighted by Crippen LogP contribution is -2.36. The smallest absolute Gasteiger partial charge is 0.0735 e. The molecule has 1 aromatic heterocycles. The topological polar surface area (TPSA) is 8.17 Å². The fraction of sp³-hybridized carbons (Fsp3) is 0.0169. The van der Waals surface area contributed by atoms with E-state index in [0.717, 1.165) is 22.7 Å². The maximum absolute atomic E-state index is 2.46. The summed E-state index contributed by atoms with van der Waals surface area (Å²) in [5.41, 5.74) is 16.7. The van der Waals surface area contributed by atoms with Crippen LogP contribution in [0.15, 0.2) is 240 Å². The fourth-order valence-corrected chi connectivity index (χ4v) is 12.0. The van der Waals surface area contributed by atoms with E-state index in [1.54, 1.807) is 0 Å². The number of rotatable bonds is 5. The quantitative estimate of drug-likeness (QED) is 0.171. The molecular formula is C59H38N2S. The number of benzene rings is 10. The van der Waals surface area contributed by atoms with Gasteiger partial charge in [0, 0.05) is 43.2 Å². The minimum absolute atomic E-state index is 0.496. The summed E-state index contributed by atoms with van der Waals surface area (Å²) < 4.78 is 2.46. The molecule has 2 heterocycles. The van der Waals surface area contributed by atoms with Gasteiger partial charge in [0.1, 0.15) is 0 Å². The predicted octanol–water partition coefficient (Wildman–Crippen LogP) is 15.9. The lowest BCUT2D eigenvalue weighted by Gasteiger charge is -2.46. The van der Waals surface area contributed by atoms with Crippen LogP contribution in [0, 0.1) is 0 Å². The van der Waals surface area contributed by atoms with E-state index in [0.29, 0.717) is 0 Å². The molecule has 0 bridgehead atoms. The molecular weight excluding hydrogens is 769 g/mol. The molecule has 3 heteroatoms. The number of para-hydroxylation sites is 3. The average Bonchev–Trinajstić information content (AvgIpc) is 3.67. The summed E-state index contributed by atoms with van der Waals surface area (Å²) in [5, 5.41) is 5.08. The summed E-state index contributed by atoms with van der Waals surface area (Å²) in [6.07, 6.45) is 0. The summed E-state index contributed by atoms with van der Waals surface area (Å²) in [7, 11) is 0. The summed E-state index contributed by atoms with van der Waals surface area (Å²) in [4.78, 5) is 4.99. The third kappa shape index (κ3) is 5.00. The van der Waals surface area contributed by atoms with Crippen molar-refractivity contribution in [1.29, 1.82) is 0 Å². The zero-order chi connectivity index (χ0) is 40.8. The molecule has 2 aliphatic rings. The molecule has 1 atom stereocenters. The highest BCUT2D eigenvalue weighted by atomic mass is 32.2. The molecule has 0 fully saturated rings. The number of hydrogen-bond donors (Lipinski definition) is 0. The molecule has 0 N–H and O–H groups in total. The van der Waals surface area contributed by atoms with Crippen molar-refractivity contribution >= 4 is 61.4 Å². The molecule has 1 spiro atoms. The van der Waals surface area contributed by atoms with Crippen molar-refractivity contribution < 1.29 is 0 Å². The molecule has 10 aromatic carbocycles. The Hall–Kier alpha value is -7.59. The molecule has 0 saturated carbocycles. The van der Waals surface area contributed by atoms with E-state index in [4.69, 9.17) is 0 Å². The van der Waals surface area contributed by atoms with E-state index >= 15 is 0 Å². The van der Waals surface area contributed by atoms with E-state index in [2.05, 4.69) is 240 Å². The van der Waals surface area contributed by atoms with Crippen LogP contribution in [-0.4, -0.2) is 4.57 Å². The van der Waals surface area contributed by atoms with Crippen molar-refractivity contribution in [2.24, 2.45) is 0 Å². The molecule has 2 nitrogen and oxygen atoms in total. The largest absolute Gasteiger partial charge is 0.310 e. The standard InChI is InChI=1S/C59H38N2S/c1-3-17-39(18-4-1)44-23-8-12-30-53(44)61-54-31-13-9-25-46(54)47-35-33-42(37-55(47)61)60(41-21-5-2-6-22-41)43-34-36-51-57(38-43)62-56-32-14-11-28-50(56)59(51)49-27-10-7-24-45(49)48-26-15-19-40-20-16-29-52(59)58(40)48/h1-38H. The van der Waals surface area contributed by atoms with Crippen LogP contribution in [0.2, 0.25) is 0 Å². The molecule has 1 aliphatic heterocycles. The van der Waals surface area contributed by atoms with Gasteiger partial charge in [0.25, 0.3) is 0 Å². The van der Waals surface area contributed by atoms with Gasteiger partial charge in [-0.3, -0.25) is 0 Å². The van der Waals surface area contributed by atoms with Gasteiger partial charge in [-0.05, 0) is 104 Å². The number of hydrogen-bond acceptors (Lipinski definition) is 2. The lowest BCUT2D eigenvalue weighted by molar-refractivity contribution is 0.707. The number of aromatic nitrogens is 1. The van der Waals surface area contributed by atoms with Crippen LogP contribution in [0.3, 0.4) is 0 Å². The summed E-state index contributed by atoms with van der Waals surface area (Å²) in [6, 6.07) is 85.3. The second kappa shape index (κ2) is 13.7. The van der Waals surface area contributed by atoms with E-state index in [1.807, 2.05) is 11.8 Å². The Balaban J connectivity index is 1.05. The molecule has 290 valence electrons. The zero-order valence-corrected chi connectivity index (χ0v) is 34.6. The molecule has 0 saturated heterocycles. The maximum atomic E-state index is 2.46. The maximum Gasteiger partial charge on any atom is 0.0735 e. The predicted molar refractivity (Wildman–Crippen MR) is 260 cm³/mol.